The highest BCUT2D eigenvalue weighted by Gasteiger charge is 2.36. The third kappa shape index (κ3) is 2.00. The average Bonchev–Trinajstić information content (AvgIpc) is 2.85. The van der Waals surface area contributed by atoms with Gasteiger partial charge in [-0.15, -0.1) is 5.10 Å². The van der Waals surface area contributed by atoms with E-state index in [9.17, 15) is 5.11 Å². The van der Waals surface area contributed by atoms with E-state index in [2.05, 4.69) is 16.4 Å². The molecule has 0 bridgehead atoms. The van der Waals surface area contributed by atoms with Crippen molar-refractivity contribution in [3.8, 4) is 5.75 Å². The summed E-state index contributed by atoms with van der Waals surface area (Å²) in [6.45, 7) is 0. The fraction of sp³-hybridized carbons (Fsp3) is 0.429. The predicted molar refractivity (Wildman–Crippen MR) is 69.9 cm³/mol. The van der Waals surface area contributed by atoms with Gasteiger partial charge in [-0.2, -0.15) is 0 Å². The maximum absolute atomic E-state index is 10.9. The van der Waals surface area contributed by atoms with E-state index in [1.165, 1.54) is 5.56 Å². The van der Waals surface area contributed by atoms with Crippen molar-refractivity contribution in [1.82, 2.24) is 15.0 Å². The van der Waals surface area contributed by atoms with Crippen LogP contribution in [0.3, 0.4) is 0 Å². The normalized spacial score (nSPS) is 22.1. The van der Waals surface area contributed by atoms with Crippen molar-refractivity contribution in [2.24, 2.45) is 7.05 Å². The van der Waals surface area contributed by atoms with Gasteiger partial charge in [0, 0.05) is 13.5 Å². The molecule has 1 aliphatic rings. The molecule has 0 saturated carbocycles. The van der Waals surface area contributed by atoms with Crippen LogP contribution in [0.4, 0.5) is 0 Å². The zero-order valence-corrected chi connectivity index (χ0v) is 11.1. The van der Waals surface area contributed by atoms with Crippen LogP contribution in [0, 0.1) is 0 Å². The Morgan fingerprint density at radius 1 is 1.37 bits per heavy atom. The van der Waals surface area contributed by atoms with Crippen molar-refractivity contribution in [3.05, 3.63) is 41.2 Å². The molecule has 0 fully saturated rings. The van der Waals surface area contributed by atoms with Crippen molar-refractivity contribution in [2.75, 3.05) is 7.11 Å². The van der Waals surface area contributed by atoms with E-state index in [0.29, 0.717) is 12.8 Å². The largest absolute Gasteiger partial charge is 0.497 e. The number of fused-ring (bicyclic) bond motifs is 1. The van der Waals surface area contributed by atoms with Crippen LogP contribution in [0.1, 0.15) is 23.2 Å². The van der Waals surface area contributed by atoms with E-state index in [-0.39, 0.29) is 0 Å². The SMILES string of the molecule is COc1ccc2c(c1)CC(O)(c1cnnn1C)CC2. The Bertz CT molecular complexity index is 608. The van der Waals surface area contributed by atoms with E-state index in [4.69, 9.17) is 4.74 Å². The van der Waals surface area contributed by atoms with Gasteiger partial charge in [0.1, 0.15) is 11.4 Å². The minimum Gasteiger partial charge on any atom is -0.497 e. The van der Waals surface area contributed by atoms with Gasteiger partial charge in [0.05, 0.1) is 19.0 Å². The van der Waals surface area contributed by atoms with Gasteiger partial charge in [-0.1, -0.05) is 11.3 Å². The molecule has 1 aliphatic carbocycles. The second kappa shape index (κ2) is 4.35. The highest BCUT2D eigenvalue weighted by molar-refractivity contribution is 5.39. The molecule has 1 aromatic carbocycles. The standard InChI is InChI=1S/C14H17N3O2/c1-17-13(9-15-16-17)14(18)6-5-10-3-4-12(19-2)7-11(10)8-14/h3-4,7,9,18H,5-6,8H2,1-2H3. The van der Waals surface area contributed by atoms with Crippen molar-refractivity contribution < 1.29 is 9.84 Å². The van der Waals surface area contributed by atoms with Gasteiger partial charge < -0.3 is 9.84 Å². The van der Waals surface area contributed by atoms with E-state index < -0.39 is 5.60 Å². The molecule has 0 amide bonds. The zero-order chi connectivity index (χ0) is 13.5. The fourth-order valence-electron chi connectivity index (χ4n) is 2.81. The first-order chi connectivity index (χ1) is 9.12. The molecule has 19 heavy (non-hydrogen) atoms. The summed E-state index contributed by atoms with van der Waals surface area (Å²) in [6, 6.07) is 6.05. The number of rotatable bonds is 2. The number of benzene rings is 1. The first kappa shape index (κ1) is 12.2. The van der Waals surface area contributed by atoms with E-state index in [1.54, 1.807) is 25.0 Å². The molecule has 1 heterocycles. The lowest BCUT2D eigenvalue weighted by molar-refractivity contribution is 0.0143. The summed E-state index contributed by atoms with van der Waals surface area (Å²) >= 11 is 0. The summed E-state index contributed by atoms with van der Waals surface area (Å²) in [5.41, 5.74) is 2.29. The smallest absolute Gasteiger partial charge is 0.119 e. The number of ether oxygens (including phenoxy) is 1. The van der Waals surface area contributed by atoms with Gasteiger partial charge in [0.15, 0.2) is 0 Å². The van der Waals surface area contributed by atoms with Gasteiger partial charge in [-0.3, -0.25) is 0 Å². The van der Waals surface area contributed by atoms with Crippen LogP contribution in [0.15, 0.2) is 24.4 Å². The monoisotopic (exact) mass is 259 g/mol. The minimum atomic E-state index is -0.891. The summed E-state index contributed by atoms with van der Waals surface area (Å²) in [4.78, 5) is 0. The molecule has 3 rings (SSSR count). The van der Waals surface area contributed by atoms with Gasteiger partial charge in [0.25, 0.3) is 0 Å². The second-order valence-electron chi connectivity index (χ2n) is 5.09. The van der Waals surface area contributed by atoms with Crippen molar-refractivity contribution in [2.45, 2.75) is 24.9 Å². The Balaban J connectivity index is 1.99. The highest BCUT2D eigenvalue weighted by atomic mass is 16.5. The molecule has 1 aromatic heterocycles. The Labute approximate surface area is 111 Å². The number of aliphatic hydroxyl groups is 1. The molecule has 1 unspecified atom stereocenters. The maximum atomic E-state index is 10.9. The molecular formula is C14H17N3O2. The lowest BCUT2D eigenvalue weighted by Gasteiger charge is -2.33. The number of hydrogen-bond donors (Lipinski definition) is 1. The molecule has 100 valence electrons. The Morgan fingerprint density at radius 3 is 2.89 bits per heavy atom. The number of aromatic nitrogens is 3. The molecule has 0 radical (unpaired) electrons. The summed E-state index contributed by atoms with van der Waals surface area (Å²) in [5, 5.41) is 18.6. The van der Waals surface area contributed by atoms with Crippen molar-refractivity contribution in [3.63, 3.8) is 0 Å². The highest BCUT2D eigenvalue weighted by Crippen LogP contribution is 2.37. The third-order valence-electron chi connectivity index (χ3n) is 3.90. The number of methoxy groups -OCH3 is 1. The van der Waals surface area contributed by atoms with Gasteiger partial charge in [0.2, 0.25) is 0 Å². The van der Waals surface area contributed by atoms with Gasteiger partial charge in [-0.05, 0) is 36.1 Å². The topological polar surface area (TPSA) is 60.2 Å². The lowest BCUT2D eigenvalue weighted by Crippen LogP contribution is -2.35. The molecule has 2 aromatic rings. The first-order valence-corrected chi connectivity index (χ1v) is 6.36. The summed E-state index contributed by atoms with van der Waals surface area (Å²) in [6.07, 6.45) is 3.75. The first-order valence-electron chi connectivity index (χ1n) is 6.36. The van der Waals surface area contributed by atoms with Crippen molar-refractivity contribution >= 4 is 0 Å². The lowest BCUT2D eigenvalue weighted by atomic mass is 9.78. The average molecular weight is 259 g/mol. The summed E-state index contributed by atoms with van der Waals surface area (Å²) in [7, 11) is 3.46. The minimum absolute atomic E-state index is 0.570. The molecule has 5 nitrogen and oxygen atoms in total. The van der Waals surface area contributed by atoms with E-state index >= 15 is 0 Å². The molecule has 1 atom stereocenters. The summed E-state index contributed by atoms with van der Waals surface area (Å²) in [5.74, 6) is 0.825. The van der Waals surface area contributed by atoms with Crippen LogP contribution in [0.25, 0.3) is 0 Å². The second-order valence-corrected chi connectivity index (χ2v) is 5.09. The van der Waals surface area contributed by atoms with Crippen LogP contribution in [0.2, 0.25) is 0 Å². The Morgan fingerprint density at radius 2 is 2.21 bits per heavy atom. The summed E-state index contributed by atoms with van der Waals surface area (Å²) < 4.78 is 6.90. The molecule has 0 aliphatic heterocycles. The van der Waals surface area contributed by atoms with Crippen molar-refractivity contribution in [1.29, 1.82) is 0 Å². The van der Waals surface area contributed by atoms with Crippen LogP contribution in [-0.2, 0) is 25.5 Å². The van der Waals surface area contributed by atoms with Gasteiger partial charge in [-0.25, -0.2) is 4.68 Å². The zero-order valence-electron chi connectivity index (χ0n) is 11.1. The van der Waals surface area contributed by atoms with E-state index in [1.807, 2.05) is 12.1 Å². The Kier molecular flexibility index (Phi) is 2.78. The maximum Gasteiger partial charge on any atom is 0.119 e. The molecule has 5 heteroatoms. The van der Waals surface area contributed by atoms with Crippen LogP contribution >= 0.6 is 0 Å². The number of hydrogen-bond acceptors (Lipinski definition) is 4. The molecule has 0 spiro atoms. The molecule has 0 saturated heterocycles. The quantitative estimate of drug-likeness (QED) is 0.880. The van der Waals surface area contributed by atoms with Crippen LogP contribution < -0.4 is 4.74 Å². The third-order valence-corrected chi connectivity index (χ3v) is 3.90. The number of aryl methyl sites for hydroxylation is 2. The van der Waals surface area contributed by atoms with Crippen LogP contribution in [-0.4, -0.2) is 27.2 Å². The van der Waals surface area contributed by atoms with E-state index in [0.717, 1.165) is 23.4 Å². The fourth-order valence-corrected chi connectivity index (χ4v) is 2.81. The Hall–Kier alpha value is -1.88. The predicted octanol–water partition coefficient (Wildman–Crippen LogP) is 1.20. The molecular weight excluding hydrogens is 242 g/mol. The molecule has 1 N–H and O–H groups in total. The van der Waals surface area contributed by atoms with Crippen LogP contribution in [0.5, 0.6) is 5.75 Å². The van der Waals surface area contributed by atoms with Gasteiger partial charge >= 0.3 is 0 Å². The number of nitrogens with zero attached hydrogens (tertiary/aromatic N) is 3.